The molecule has 0 spiro atoms. The van der Waals surface area contributed by atoms with Gasteiger partial charge in [0.2, 0.25) is 5.91 Å². The van der Waals surface area contributed by atoms with Crippen molar-refractivity contribution >= 4 is 11.7 Å². The van der Waals surface area contributed by atoms with Crippen LogP contribution in [0.1, 0.15) is 46.3 Å². The first-order valence-electron chi connectivity index (χ1n) is 9.27. The molecule has 2 aromatic rings. The summed E-state index contributed by atoms with van der Waals surface area (Å²) in [4.78, 5) is 19.1. The number of hydrogen-bond donors (Lipinski definition) is 2. The smallest absolute Gasteiger partial charge is 0.248 e. The number of piperidine rings is 1. The fourth-order valence-electron chi connectivity index (χ4n) is 3.25. The number of nitrogens with zero attached hydrogens (tertiary/aromatic N) is 2. The van der Waals surface area contributed by atoms with E-state index in [9.17, 15) is 4.79 Å². The van der Waals surface area contributed by atoms with Crippen LogP contribution >= 0.6 is 0 Å². The Labute approximate surface area is 159 Å². The van der Waals surface area contributed by atoms with E-state index >= 15 is 0 Å². The molecule has 1 aliphatic heterocycles. The van der Waals surface area contributed by atoms with Gasteiger partial charge < -0.3 is 16.3 Å². The van der Waals surface area contributed by atoms with Gasteiger partial charge in [-0.05, 0) is 55.3 Å². The minimum atomic E-state index is -0.467. The highest BCUT2D eigenvalue weighted by molar-refractivity contribution is 5.97. The maximum absolute atomic E-state index is 11.2. The van der Waals surface area contributed by atoms with Gasteiger partial charge >= 0.3 is 0 Å². The average Bonchev–Trinajstić information content (AvgIpc) is 2.69. The van der Waals surface area contributed by atoms with Crippen molar-refractivity contribution in [1.82, 2.24) is 4.90 Å². The quantitative estimate of drug-likeness (QED) is 0.447. The summed E-state index contributed by atoms with van der Waals surface area (Å²) in [6.45, 7) is 3.46. The summed E-state index contributed by atoms with van der Waals surface area (Å²) in [6, 6.07) is 15.0. The lowest BCUT2D eigenvalue weighted by Gasteiger charge is -2.26. The van der Waals surface area contributed by atoms with Crippen LogP contribution in [0, 0.1) is 0 Å². The molecule has 0 saturated carbocycles. The number of likely N-dealkylation sites (tertiary alicyclic amines) is 1. The van der Waals surface area contributed by atoms with E-state index in [0.29, 0.717) is 11.4 Å². The molecule has 0 atom stereocenters. The molecule has 1 amide bonds. The van der Waals surface area contributed by atoms with Gasteiger partial charge in [-0.25, -0.2) is 0 Å². The molecule has 0 aliphatic carbocycles. The number of rotatable bonds is 7. The Hall–Kier alpha value is -2.86. The van der Waals surface area contributed by atoms with Crippen molar-refractivity contribution in [2.24, 2.45) is 16.6 Å². The SMILES string of the molecule is NC(=O)c1cccc(CO/N=C(/N)c2cccc(CN3CCCCC3)c2)c1. The van der Waals surface area contributed by atoms with E-state index in [1.165, 1.54) is 24.8 Å². The molecule has 27 heavy (non-hydrogen) atoms. The highest BCUT2D eigenvalue weighted by atomic mass is 16.6. The van der Waals surface area contributed by atoms with Gasteiger partial charge in [-0.1, -0.05) is 41.9 Å². The molecule has 0 unspecified atom stereocenters. The van der Waals surface area contributed by atoms with E-state index in [4.69, 9.17) is 16.3 Å². The van der Waals surface area contributed by atoms with Crippen molar-refractivity contribution in [2.45, 2.75) is 32.4 Å². The normalized spacial score (nSPS) is 15.5. The van der Waals surface area contributed by atoms with Crippen LogP contribution in [-0.4, -0.2) is 29.7 Å². The number of carbonyl (C=O) groups is 1. The molecule has 1 saturated heterocycles. The Kier molecular flexibility index (Phi) is 6.44. The number of nitrogens with two attached hydrogens (primary N) is 2. The van der Waals surface area contributed by atoms with Gasteiger partial charge in [-0.2, -0.15) is 0 Å². The van der Waals surface area contributed by atoms with Gasteiger partial charge in [0.25, 0.3) is 0 Å². The van der Waals surface area contributed by atoms with E-state index in [1.54, 1.807) is 18.2 Å². The van der Waals surface area contributed by atoms with E-state index in [-0.39, 0.29) is 6.61 Å². The van der Waals surface area contributed by atoms with Gasteiger partial charge in [-0.3, -0.25) is 9.69 Å². The predicted octanol–water partition coefficient (Wildman–Crippen LogP) is 2.61. The molecular weight excluding hydrogens is 340 g/mol. The molecule has 1 fully saturated rings. The average molecular weight is 366 g/mol. The second-order valence-corrected chi connectivity index (χ2v) is 6.85. The third-order valence-electron chi connectivity index (χ3n) is 4.68. The van der Waals surface area contributed by atoms with E-state index in [2.05, 4.69) is 22.2 Å². The highest BCUT2D eigenvalue weighted by Gasteiger charge is 2.11. The van der Waals surface area contributed by atoms with Crippen molar-refractivity contribution < 1.29 is 9.63 Å². The summed E-state index contributed by atoms with van der Waals surface area (Å²) >= 11 is 0. The zero-order valence-electron chi connectivity index (χ0n) is 15.4. The summed E-state index contributed by atoms with van der Waals surface area (Å²) in [5.41, 5.74) is 14.7. The first-order valence-corrected chi connectivity index (χ1v) is 9.27. The predicted molar refractivity (Wildman–Crippen MR) is 106 cm³/mol. The molecule has 6 heteroatoms. The first-order chi connectivity index (χ1) is 13.1. The van der Waals surface area contributed by atoms with Crippen LogP contribution < -0.4 is 11.5 Å². The maximum atomic E-state index is 11.2. The topological polar surface area (TPSA) is 93.9 Å². The number of hydrogen-bond acceptors (Lipinski definition) is 4. The standard InChI is InChI=1S/C21H26N4O2/c22-20(24-27-15-17-7-5-9-19(13-17)21(23)26)18-8-4-6-16(12-18)14-25-10-2-1-3-11-25/h4-9,12-13H,1-3,10-11,14-15H2,(H2,22,24)(H2,23,26). The van der Waals surface area contributed by atoms with Crippen LogP contribution in [0.25, 0.3) is 0 Å². The van der Waals surface area contributed by atoms with Crippen molar-refractivity contribution in [2.75, 3.05) is 13.1 Å². The molecule has 2 aromatic carbocycles. The molecule has 0 radical (unpaired) electrons. The lowest BCUT2D eigenvalue weighted by molar-refractivity contribution is 0.0999. The van der Waals surface area contributed by atoms with Crippen LogP contribution in [0.2, 0.25) is 0 Å². The van der Waals surface area contributed by atoms with Crippen LogP contribution in [0.5, 0.6) is 0 Å². The Morgan fingerprint density at radius 3 is 2.37 bits per heavy atom. The number of amidine groups is 1. The number of primary amides is 1. The summed E-state index contributed by atoms with van der Waals surface area (Å²) in [5, 5.41) is 4.02. The number of carbonyl (C=O) groups excluding carboxylic acids is 1. The number of amides is 1. The molecule has 6 nitrogen and oxygen atoms in total. The summed E-state index contributed by atoms with van der Waals surface area (Å²) in [7, 11) is 0. The molecule has 1 heterocycles. The third-order valence-corrected chi connectivity index (χ3v) is 4.68. The highest BCUT2D eigenvalue weighted by Crippen LogP contribution is 2.14. The Bertz CT molecular complexity index is 813. The molecule has 4 N–H and O–H groups in total. The third kappa shape index (κ3) is 5.56. The Balaban J connectivity index is 1.59. The summed E-state index contributed by atoms with van der Waals surface area (Å²) in [5.74, 6) is -0.132. The van der Waals surface area contributed by atoms with Gasteiger partial charge in [0, 0.05) is 17.7 Å². The fraction of sp³-hybridized carbons (Fsp3) is 0.333. The molecule has 1 aliphatic rings. The molecular formula is C21H26N4O2. The van der Waals surface area contributed by atoms with Gasteiger partial charge in [0.05, 0.1) is 0 Å². The van der Waals surface area contributed by atoms with Crippen LogP contribution in [-0.2, 0) is 18.0 Å². The van der Waals surface area contributed by atoms with Crippen LogP contribution in [0.15, 0.2) is 53.7 Å². The Morgan fingerprint density at radius 2 is 1.63 bits per heavy atom. The van der Waals surface area contributed by atoms with Crippen molar-refractivity contribution in [3.8, 4) is 0 Å². The van der Waals surface area contributed by atoms with Gasteiger partial charge in [0.1, 0.15) is 6.61 Å². The maximum Gasteiger partial charge on any atom is 0.248 e. The van der Waals surface area contributed by atoms with E-state index in [1.807, 2.05) is 18.2 Å². The molecule has 0 bridgehead atoms. The molecule has 0 aromatic heterocycles. The second kappa shape index (κ2) is 9.19. The van der Waals surface area contributed by atoms with Crippen molar-refractivity contribution in [1.29, 1.82) is 0 Å². The summed E-state index contributed by atoms with van der Waals surface area (Å²) < 4.78 is 0. The van der Waals surface area contributed by atoms with Gasteiger partial charge in [0.15, 0.2) is 5.84 Å². The summed E-state index contributed by atoms with van der Waals surface area (Å²) in [6.07, 6.45) is 3.87. The second-order valence-electron chi connectivity index (χ2n) is 6.85. The molecule has 3 rings (SSSR count). The Morgan fingerprint density at radius 1 is 0.963 bits per heavy atom. The minimum Gasteiger partial charge on any atom is -0.389 e. The van der Waals surface area contributed by atoms with Crippen LogP contribution in [0.4, 0.5) is 0 Å². The minimum absolute atomic E-state index is 0.218. The van der Waals surface area contributed by atoms with Crippen molar-refractivity contribution in [3.63, 3.8) is 0 Å². The van der Waals surface area contributed by atoms with Crippen LogP contribution in [0.3, 0.4) is 0 Å². The molecule has 142 valence electrons. The monoisotopic (exact) mass is 366 g/mol. The van der Waals surface area contributed by atoms with Crippen molar-refractivity contribution in [3.05, 3.63) is 70.8 Å². The first kappa shape index (κ1) is 18.9. The number of oxime groups is 1. The van der Waals surface area contributed by atoms with Gasteiger partial charge in [-0.15, -0.1) is 0 Å². The zero-order valence-corrected chi connectivity index (χ0v) is 15.4. The largest absolute Gasteiger partial charge is 0.389 e. The zero-order chi connectivity index (χ0) is 19.1. The lowest BCUT2D eigenvalue weighted by atomic mass is 10.1. The lowest BCUT2D eigenvalue weighted by Crippen LogP contribution is -2.29. The number of benzene rings is 2. The van der Waals surface area contributed by atoms with E-state index in [0.717, 1.165) is 30.8 Å². The fourth-order valence-corrected chi connectivity index (χ4v) is 3.25. The van der Waals surface area contributed by atoms with E-state index < -0.39 is 5.91 Å².